The lowest BCUT2D eigenvalue weighted by molar-refractivity contribution is -0.142. The molecule has 4 aliphatic rings. The molecule has 2 amide bonds. The molecule has 1 aromatic rings. The van der Waals surface area contributed by atoms with Crippen molar-refractivity contribution in [2.75, 3.05) is 39.8 Å². The summed E-state index contributed by atoms with van der Waals surface area (Å²) in [4.78, 5) is 32.7. The molecular weight excluding hydrogens is 382 g/mol. The number of aromatic nitrogens is 2. The number of rotatable bonds is 6. The number of aryl methyl sites for hydroxylation is 1. The Bertz CT molecular complexity index is 861. The van der Waals surface area contributed by atoms with Crippen LogP contribution in [0.4, 0.5) is 0 Å². The Balaban J connectivity index is 1.27. The summed E-state index contributed by atoms with van der Waals surface area (Å²) in [6.45, 7) is 6.76. The van der Waals surface area contributed by atoms with Crippen LogP contribution in [0.1, 0.15) is 30.7 Å². The second-order valence-corrected chi connectivity index (χ2v) is 9.30. The van der Waals surface area contributed by atoms with Crippen LogP contribution in [-0.4, -0.2) is 88.2 Å². The van der Waals surface area contributed by atoms with Gasteiger partial charge in [0.2, 0.25) is 11.8 Å². The molecule has 2 unspecified atom stereocenters. The molecule has 4 atom stereocenters. The van der Waals surface area contributed by atoms with Crippen molar-refractivity contribution >= 4 is 11.8 Å². The first-order valence-corrected chi connectivity index (χ1v) is 11.1. The van der Waals surface area contributed by atoms with E-state index in [1.807, 2.05) is 30.0 Å². The fraction of sp³-hybridized carbons (Fsp3) is 0.682. The molecule has 3 saturated heterocycles. The minimum absolute atomic E-state index is 0.0388. The molecule has 0 aromatic carbocycles. The minimum Gasteiger partial charge on any atom is -0.360 e. The SMILES string of the molecule is Cc1cc(CN(C)C(=O)C2C3C(=O)N(CCN4CCCCC4)C[C@@]34C=C[C@@H]2O4)n[nH]1. The van der Waals surface area contributed by atoms with Crippen LogP contribution in [0.15, 0.2) is 18.2 Å². The number of nitrogens with zero attached hydrogens (tertiary/aromatic N) is 4. The van der Waals surface area contributed by atoms with Gasteiger partial charge in [0.1, 0.15) is 5.60 Å². The van der Waals surface area contributed by atoms with Crippen LogP contribution in [0, 0.1) is 18.8 Å². The van der Waals surface area contributed by atoms with E-state index in [0.29, 0.717) is 19.6 Å². The van der Waals surface area contributed by atoms with Gasteiger partial charge in [0, 0.05) is 25.8 Å². The summed E-state index contributed by atoms with van der Waals surface area (Å²) in [5.41, 5.74) is 1.15. The van der Waals surface area contributed by atoms with E-state index in [2.05, 4.69) is 15.1 Å². The third kappa shape index (κ3) is 3.26. The van der Waals surface area contributed by atoms with Gasteiger partial charge in [-0.3, -0.25) is 14.7 Å². The molecule has 5 rings (SSSR count). The van der Waals surface area contributed by atoms with Crippen molar-refractivity contribution in [2.24, 2.45) is 11.8 Å². The second-order valence-electron chi connectivity index (χ2n) is 9.30. The normalized spacial score (nSPS) is 32.8. The average molecular weight is 414 g/mol. The highest BCUT2D eigenvalue weighted by Crippen LogP contribution is 2.52. The molecule has 162 valence electrons. The Morgan fingerprint density at radius 2 is 2.13 bits per heavy atom. The first-order valence-electron chi connectivity index (χ1n) is 11.1. The number of hydrogen-bond acceptors (Lipinski definition) is 5. The van der Waals surface area contributed by atoms with Crippen LogP contribution in [0.3, 0.4) is 0 Å². The number of nitrogens with one attached hydrogen (secondary N) is 1. The molecular formula is C22H31N5O3. The number of H-pyrrole nitrogens is 1. The van der Waals surface area contributed by atoms with Crippen LogP contribution in [-0.2, 0) is 20.9 Å². The summed E-state index contributed by atoms with van der Waals surface area (Å²) in [5, 5.41) is 7.14. The Labute approximate surface area is 177 Å². The van der Waals surface area contributed by atoms with Gasteiger partial charge in [0.15, 0.2) is 0 Å². The zero-order valence-corrected chi connectivity index (χ0v) is 17.8. The maximum Gasteiger partial charge on any atom is 0.230 e. The van der Waals surface area contributed by atoms with Crippen LogP contribution < -0.4 is 0 Å². The van der Waals surface area contributed by atoms with E-state index in [1.54, 1.807) is 11.9 Å². The summed E-state index contributed by atoms with van der Waals surface area (Å²) in [6, 6.07) is 1.94. The lowest BCUT2D eigenvalue weighted by Gasteiger charge is -2.29. The maximum atomic E-state index is 13.3. The summed E-state index contributed by atoms with van der Waals surface area (Å²) >= 11 is 0. The van der Waals surface area contributed by atoms with E-state index in [4.69, 9.17) is 4.74 Å². The van der Waals surface area contributed by atoms with Crippen molar-refractivity contribution in [3.63, 3.8) is 0 Å². The van der Waals surface area contributed by atoms with Crippen molar-refractivity contribution in [3.8, 4) is 0 Å². The maximum absolute atomic E-state index is 13.3. The largest absolute Gasteiger partial charge is 0.360 e. The number of aromatic amines is 1. The van der Waals surface area contributed by atoms with Crippen LogP contribution in [0.5, 0.6) is 0 Å². The summed E-state index contributed by atoms with van der Waals surface area (Å²) < 4.78 is 6.26. The van der Waals surface area contributed by atoms with Crippen LogP contribution >= 0.6 is 0 Å². The molecule has 0 saturated carbocycles. The molecule has 1 N–H and O–H groups in total. The molecule has 3 fully saturated rings. The molecule has 1 spiro atoms. The molecule has 4 aliphatic heterocycles. The number of ether oxygens (including phenoxy) is 1. The second kappa shape index (κ2) is 7.50. The highest BCUT2D eigenvalue weighted by atomic mass is 16.5. The summed E-state index contributed by atoms with van der Waals surface area (Å²) in [6.07, 6.45) is 7.49. The van der Waals surface area contributed by atoms with Gasteiger partial charge in [-0.25, -0.2) is 0 Å². The van der Waals surface area contributed by atoms with E-state index >= 15 is 0 Å². The smallest absolute Gasteiger partial charge is 0.230 e. The molecule has 2 bridgehead atoms. The van der Waals surface area contributed by atoms with E-state index in [1.165, 1.54) is 19.3 Å². The van der Waals surface area contributed by atoms with Gasteiger partial charge >= 0.3 is 0 Å². The molecule has 30 heavy (non-hydrogen) atoms. The Hall–Kier alpha value is -2.19. The van der Waals surface area contributed by atoms with Crippen molar-refractivity contribution in [1.29, 1.82) is 0 Å². The lowest BCUT2D eigenvalue weighted by atomic mass is 9.76. The number of amides is 2. The third-order valence-corrected chi connectivity index (χ3v) is 7.13. The predicted octanol–water partition coefficient (Wildman–Crippen LogP) is 0.944. The van der Waals surface area contributed by atoms with Gasteiger partial charge in [-0.1, -0.05) is 18.6 Å². The third-order valence-electron chi connectivity index (χ3n) is 7.13. The number of fused-ring (bicyclic) bond motifs is 1. The van der Waals surface area contributed by atoms with Gasteiger partial charge in [0.05, 0.1) is 36.7 Å². The molecule has 8 heteroatoms. The summed E-state index contributed by atoms with van der Waals surface area (Å²) in [7, 11) is 1.78. The quantitative estimate of drug-likeness (QED) is 0.702. The molecule has 0 aliphatic carbocycles. The molecule has 5 heterocycles. The van der Waals surface area contributed by atoms with E-state index in [-0.39, 0.29) is 17.9 Å². The number of hydrogen-bond donors (Lipinski definition) is 1. The van der Waals surface area contributed by atoms with E-state index in [9.17, 15) is 9.59 Å². The molecule has 0 radical (unpaired) electrons. The zero-order chi connectivity index (χ0) is 20.9. The van der Waals surface area contributed by atoms with Crippen LogP contribution in [0.25, 0.3) is 0 Å². The fourth-order valence-electron chi connectivity index (χ4n) is 5.63. The average Bonchev–Trinajstić information content (AvgIpc) is 3.48. The Morgan fingerprint density at radius 1 is 1.33 bits per heavy atom. The zero-order valence-electron chi connectivity index (χ0n) is 17.8. The monoisotopic (exact) mass is 413 g/mol. The molecule has 8 nitrogen and oxygen atoms in total. The minimum atomic E-state index is -0.631. The van der Waals surface area contributed by atoms with Gasteiger partial charge in [-0.05, 0) is 38.9 Å². The lowest BCUT2D eigenvalue weighted by Crippen LogP contribution is -2.45. The fourth-order valence-corrected chi connectivity index (χ4v) is 5.63. The first-order chi connectivity index (χ1) is 14.5. The number of likely N-dealkylation sites (tertiary alicyclic amines) is 2. The highest BCUT2D eigenvalue weighted by molar-refractivity contribution is 5.93. The summed E-state index contributed by atoms with van der Waals surface area (Å²) in [5.74, 6) is -0.832. The number of piperidine rings is 1. The van der Waals surface area contributed by atoms with E-state index < -0.39 is 17.4 Å². The number of carbonyl (C=O) groups excluding carboxylic acids is 2. The predicted molar refractivity (Wildman–Crippen MR) is 110 cm³/mol. The standard InChI is InChI=1S/C22H31N5O3/c1-15-12-16(24-23-15)13-25(2)20(28)18-17-6-7-22(30-17)14-27(21(29)19(18)22)11-10-26-8-4-3-5-9-26/h6-7,12,17-19H,3-5,8-11,13-14H2,1-2H3,(H,23,24)/t17-,18?,19?,22-/m0/s1. The van der Waals surface area contributed by atoms with Crippen molar-refractivity contribution in [1.82, 2.24) is 24.9 Å². The van der Waals surface area contributed by atoms with Crippen molar-refractivity contribution in [3.05, 3.63) is 29.6 Å². The Morgan fingerprint density at radius 3 is 2.87 bits per heavy atom. The topological polar surface area (TPSA) is 81.8 Å². The van der Waals surface area contributed by atoms with Crippen LogP contribution in [0.2, 0.25) is 0 Å². The molecule has 1 aromatic heterocycles. The van der Waals surface area contributed by atoms with E-state index in [0.717, 1.165) is 31.0 Å². The van der Waals surface area contributed by atoms with Crippen molar-refractivity contribution < 1.29 is 14.3 Å². The van der Waals surface area contributed by atoms with Gasteiger partial charge in [-0.2, -0.15) is 5.10 Å². The Kier molecular flexibility index (Phi) is 4.94. The van der Waals surface area contributed by atoms with Gasteiger partial charge in [0.25, 0.3) is 0 Å². The van der Waals surface area contributed by atoms with Crippen molar-refractivity contribution in [2.45, 2.75) is 44.4 Å². The first kappa shape index (κ1) is 19.8. The number of carbonyl (C=O) groups is 2. The highest BCUT2D eigenvalue weighted by Gasteiger charge is 2.67. The van der Waals surface area contributed by atoms with Gasteiger partial charge in [-0.15, -0.1) is 0 Å². The van der Waals surface area contributed by atoms with Gasteiger partial charge < -0.3 is 19.4 Å².